The summed E-state index contributed by atoms with van der Waals surface area (Å²) in [6.45, 7) is 4.00. The molecule has 1 N–H and O–H groups in total. The lowest BCUT2D eigenvalue weighted by molar-refractivity contribution is -0.130. The topological polar surface area (TPSA) is 71.1 Å². The molecule has 0 aromatic heterocycles. The molecular weight excluding hydrogens is 382 g/mol. The van der Waals surface area contributed by atoms with Crippen LogP contribution in [0.25, 0.3) is 0 Å². The molecule has 1 heterocycles. The molecule has 0 spiro atoms. The van der Waals surface area contributed by atoms with Crippen LogP contribution in [0.5, 0.6) is 5.75 Å². The lowest BCUT2D eigenvalue weighted by Gasteiger charge is -2.22. The number of rotatable bonds is 8. The molecule has 1 fully saturated rings. The molecule has 1 aliphatic heterocycles. The maximum Gasteiger partial charge on any atom is 0.407 e. The molecule has 1 aliphatic rings. The van der Waals surface area contributed by atoms with Crippen LogP contribution in [0.15, 0.2) is 54.6 Å². The number of carbonyl (C=O) groups is 2. The first kappa shape index (κ1) is 21.6. The number of carbonyl (C=O) groups excluding carboxylic acids is 2. The van der Waals surface area contributed by atoms with E-state index in [1.807, 2.05) is 42.5 Å². The summed E-state index contributed by atoms with van der Waals surface area (Å²) in [5, 5.41) is 2.72. The maximum atomic E-state index is 12.4. The van der Waals surface area contributed by atoms with E-state index in [0.29, 0.717) is 26.1 Å². The monoisotopic (exact) mass is 411 g/mol. The van der Waals surface area contributed by atoms with Crippen LogP contribution in [0.4, 0.5) is 4.79 Å². The molecule has 30 heavy (non-hydrogen) atoms. The minimum atomic E-state index is -0.487. The van der Waals surface area contributed by atoms with E-state index in [4.69, 9.17) is 9.47 Å². The van der Waals surface area contributed by atoms with Crippen molar-refractivity contribution in [2.75, 3.05) is 39.9 Å². The number of methoxy groups -OCH3 is 1. The summed E-state index contributed by atoms with van der Waals surface area (Å²) < 4.78 is 10.4. The standard InChI is InChI=1S/C23H29N3O4/c1-29-21-9-7-19(8-10-21)17-24-23(28)30-16-15-26-14-13-25(12-11-22(26)27)18-20-5-3-2-4-6-20/h2-10H,11-18H2,1H3,(H,24,28). The van der Waals surface area contributed by atoms with Crippen molar-refractivity contribution in [1.82, 2.24) is 15.1 Å². The number of hydrogen-bond donors (Lipinski definition) is 1. The third-order valence-corrected chi connectivity index (χ3v) is 5.12. The highest BCUT2D eigenvalue weighted by molar-refractivity contribution is 5.76. The number of nitrogens with zero attached hydrogens (tertiary/aromatic N) is 2. The summed E-state index contributed by atoms with van der Waals surface area (Å²) in [5.41, 5.74) is 2.20. The smallest absolute Gasteiger partial charge is 0.407 e. The van der Waals surface area contributed by atoms with Crippen LogP contribution in [0.2, 0.25) is 0 Å². The van der Waals surface area contributed by atoms with Gasteiger partial charge in [0.2, 0.25) is 5.91 Å². The van der Waals surface area contributed by atoms with Crippen molar-refractivity contribution in [2.45, 2.75) is 19.5 Å². The minimum Gasteiger partial charge on any atom is -0.497 e. The largest absolute Gasteiger partial charge is 0.497 e. The fourth-order valence-corrected chi connectivity index (χ4v) is 3.36. The molecule has 2 aromatic carbocycles. The van der Waals surface area contributed by atoms with Gasteiger partial charge in [-0.15, -0.1) is 0 Å². The van der Waals surface area contributed by atoms with Gasteiger partial charge in [0.25, 0.3) is 0 Å². The number of nitrogens with one attached hydrogen (secondary N) is 1. The molecule has 7 heteroatoms. The summed E-state index contributed by atoms with van der Waals surface area (Å²) >= 11 is 0. The van der Waals surface area contributed by atoms with E-state index in [-0.39, 0.29) is 12.5 Å². The Kier molecular flexibility index (Phi) is 8.09. The highest BCUT2D eigenvalue weighted by Crippen LogP contribution is 2.11. The van der Waals surface area contributed by atoms with Gasteiger partial charge < -0.3 is 19.7 Å². The third-order valence-electron chi connectivity index (χ3n) is 5.12. The molecule has 7 nitrogen and oxygen atoms in total. The first-order valence-corrected chi connectivity index (χ1v) is 10.2. The van der Waals surface area contributed by atoms with Crippen LogP contribution in [0, 0.1) is 0 Å². The Bertz CT molecular complexity index is 811. The lowest BCUT2D eigenvalue weighted by Crippen LogP contribution is -2.37. The zero-order valence-electron chi connectivity index (χ0n) is 17.4. The summed E-state index contributed by atoms with van der Waals surface area (Å²) in [6, 6.07) is 17.7. The van der Waals surface area contributed by atoms with Crippen molar-refractivity contribution in [3.63, 3.8) is 0 Å². The molecule has 2 aromatic rings. The van der Waals surface area contributed by atoms with E-state index in [0.717, 1.165) is 30.9 Å². The van der Waals surface area contributed by atoms with E-state index in [9.17, 15) is 9.59 Å². The van der Waals surface area contributed by atoms with Gasteiger partial charge in [-0.3, -0.25) is 9.69 Å². The van der Waals surface area contributed by atoms with Crippen molar-refractivity contribution >= 4 is 12.0 Å². The highest BCUT2D eigenvalue weighted by atomic mass is 16.5. The highest BCUT2D eigenvalue weighted by Gasteiger charge is 2.21. The van der Waals surface area contributed by atoms with Gasteiger partial charge in [0.05, 0.1) is 13.7 Å². The first-order valence-electron chi connectivity index (χ1n) is 10.2. The molecule has 2 amide bonds. The summed E-state index contributed by atoms with van der Waals surface area (Å²) in [5.74, 6) is 0.874. The van der Waals surface area contributed by atoms with Crippen LogP contribution >= 0.6 is 0 Å². The van der Waals surface area contributed by atoms with Gasteiger partial charge >= 0.3 is 6.09 Å². The molecule has 0 unspecified atom stereocenters. The van der Waals surface area contributed by atoms with Gasteiger partial charge in [0.15, 0.2) is 0 Å². The number of alkyl carbamates (subject to hydrolysis) is 1. The molecule has 1 saturated heterocycles. The normalized spacial score (nSPS) is 14.8. The second-order valence-corrected chi connectivity index (χ2v) is 7.23. The van der Waals surface area contributed by atoms with E-state index in [1.165, 1.54) is 5.56 Å². The van der Waals surface area contributed by atoms with Crippen LogP contribution in [0.3, 0.4) is 0 Å². The first-order chi connectivity index (χ1) is 14.6. The quantitative estimate of drug-likeness (QED) is 0.723. The third kappa shape index (κ3) is 6.77. The van der Waals surface area contributed by atoms with Crippen molar-refractivity contribution in [2.24, 2.45) is 0 Å². The van der Waals surface area contributed by atoms with Crippen LogP contribution in [-0.4, -0.2) is 61.7 Å². The van der Waals surface area contributed by atoms with E-state index < -0.39 is 6.09 Å². The fraction of sp³-hybridized carbons (Fsp3) is 0.391. The van der Waals surface area contributed by atoms with Gasteiger partial charge in [-0.2, -0.15) is 0 Å². The van der Waals surface area contributed by atoms with E-state index >= 15 is 0 Å². The van der Waals surface area contributed by atoms with E-state index in [1.54, 1.807) is 12.0 Å². The molecule has 3 rings (SSSR count). The molecule has 0 aliphatic carbocycles. The molecule has 0 saturated carbocycles. The number of benzene rings is 2. The molecular formula is C23H29N3O4. The van der Waals surface area contributed by atoms with Gasteiger partial charge in [-0.25, -0.2) is 4.79 Å². The second kappa shape index (κ2) is 11.2. The van der Waals surface area contributed by atoms with Crippen molar-refractivity contribution in [1.29, 1.82) is 0 Å². The van der Waals surface area contributed by atoms with Crippen molar-refractivity contribution < 1.29 is 19.1 Å². The lowest BCUT2D eigenvalue weighted by atomic mass is 10.2. The molecule has 0 atom stereocenters. The summed E-state index contributed by atoms with van der Waals surface area (Å²) in [6.07, 6.45) is -0.00459. The zero-order valence-corrected chi connectivity index (χ0v) is 17.4. The molecule has 160 valence electrons. The minimum absolute atomic E-state index is 0.104. The Morgan fingerprint density at radius 3 is 2.50 bits per heavy atom. The zero-order chi connectivity index (χ0) is 21.2. The Labute approximate surface area is 177 Å². The van der Waals surface area contributed by atoms with Crippen molar-refractivity contribution in [3.05, 3.63) is 65.7 Å². The number of hydrogen-bond acceptors (Lipinski definition) is 5. The van der Waals surface area contributed by atoms with Gasteiger partial charge in [0.1, 0.15) is 12.4 Å². The average Bonchev–Trinajstić information content (AvgIpc) is 2.95. The second-order valence-electron chi connectivity index (χ2n) is 7.23. The van der Waals surface area contributed by atoms with E-state index in [2.05, 4.69) is 22.3 Å². The SMILES string of the molecule is COc1ccc(CNC(=O)OCCN2CCN(Cc3ccccc3)CCC2=O)cc1. The van der Waals surface area contributed by atoms with Crippen molar-refractivity contribution in [3.8, 4) is 5.75 Å². The summed E-state index contributed by atoms with van der Waals surface area (Å²) in [7, 11) is 1.61. The molecule has 0 radical (unpaired) electrons. The van der Waals surface area contributed by atoms with Crippen LogP contribution in [0.1, 0.15) is 17.5 Å². The summed E-state index contributed by atoms with van der Waals surface area (Å²) in [4.78, 5) is 28.4. The Hall–Kier alpha value is -3.06. The maximum absolute atomic E-state index is 12.4. The predicted octanol–water partition coefficient (Wildman–Crippen LogP) is 2.66. The van der Waals surface area contributed by atoms with Crippen LogP contribution in [-0.2, 0) is 22.6 Å². The Morgan fingerprint density at radius 1 is 1.00 bits per heavy atom. The predicted molar refractivity (Wildman–Crippen MR) is 114 cm³/mol. The average molecular weight is 412 g/mol. The van der Waals surface area contributed by atoms with Gasteiger partial charge in [0, 0.05) is 39.1 Å². The number of amides is 2. The van der Waals surface area contributed by atoms with Crippen LogP contribution < -0.4 is 10.1 Å². The fourth-order valence-electron chi connectivity index (χ4n) is 3.36. The van der Waals surface area contributed by atoms with Gasteiger partial charge in [-0.05, 0) is 23.3 Å². The molecule has 0 bridgehead atoms. The Morgan fingerprint density at radius 2 is 1.77 bits per heavy atom. The number of ether oxygens (including phenoxy) is 2. The van der Waals surface area contributed by atoms with Gasteiger partial charge in [-0.1, -0.05) is 42.5 Å². The Balaban J connectivity index is 1.36.